The molecule has 1 aliphatic heterocycles. The third-order valence-electron chi connectivity index (χ3n) is 4.00. The van der Waals surface area contributed by atoms with Gasteiger partial charge in [-0.15, -0.1) is 0 Å². The van der Waals surface area contributed by atoms with Gasteiger partial charge in [-0.1, -0.05) is 24.3 Å². The molecule has 0 saturated carbocycles. The van der Waals surface area contributed by atoms with Crippen LogP contribution in [0.4, 0.5) is 0 Å². The minimum atomic E-state index is -0.136. The fraction of sp³-hybridized carbons (Fsp3) is 0.158. The predicted molar refractivity (Wildman–Crippen MR) is 92.2 cm³/mol. The third kappa shape index (κ3) is 3.33. The molecule has 0 spiro atoms. The van der Waals surface area contributed by atoms with Gasteiger partial charge in [-0.3, -0.25) is 4.79 Å². The summed E-state index contributed by atoms with van der Waals surface area (Å²) in [6.45, 7) is 0.802. The van der Waals surface area contributed by atoms with Crippen LogP contribution in [0.5, 0.6) is 11.5 Å². The number of ether oxygens (including phenoxy) is 2. The van der Waals surface area contributed by atoms with Gasteiger partial charge >= 0.3 is 0 Å². The molecule has 0 atom stereocenters. The summed E-state index contributed by atoms with van der Waals surface area (Å²) in [7, 11) is 0. The number of hydrogen-bond donors (Lipinski definition) is 1. The molecule has 3 aromatic rings. The van der Waals surface area contributed by atoms with Crippen LogP contribution in [0.15, 0.2) is 60.9 Å². The first kappa shape index (κ1) is 15.3. The summed E-state index contributed by atoms with van der Waals surface area (Å²) in [5.41, 5.74) is 2.54. The van der Waals surface area contributed by atoms with Crippen LogP contribution in [0.1, 0.15) is 15.9 Å². The molecular formula is C19H17N3O3. The van der Waals surface area contributed by atoms with E-state index in [-0.39, 0.29) is 12.7 Å². The number of para-hydroxylation sites is 1. The molecule has 25 heavy (non-hydrogen) atoms. The molecule has 1 N–H and O–H groups in total. The lowest BCUT2D eigenvalue weighted by Crippen LogP contribution is -2.25. The van der Waals surface area contributed by atoms with E-state index in [1.807, 2.05) is 48.5 Å². The summed E-state index contributed by atoms with van der Waals surface area (Å²) in [6, 6.07) is 15.5. The number of benzene rings is 2. The van der Waals surface area contributed by atoms with Crippen LogP contribution in [0.3, 0.4) is 0 Å². The van der Waals surface area contributed by atoms with Crippen LogP contribution in [0, 0.1) is 0 Å². The van der Waals surface area contributed by atoms with E-state index in [4.69, 9.17) is 9.47 Å². The Labute approximate surface area is 145 Å². The second-order valence-electron chi connectivity index (χ2n) is 5.70. The highest BCUT2D eigenvalue weighted by Gasteiger charge is 2.13. The van der Waals surface area contributed by atoms with Gasteiger partial charge in [0.2, 0.25) is 6.79 Å². The van der Waals surface area contributed by atoms with Crippen LogP contribution in [0.25, 0.3) is 5.69 Å². The van der Waals surface area contributed by atoms with E-state index in [1.165, 1.54) is 0 Å². The SMILES string of the molecule is O=C(NCCc1ccc2c(c1)OCO2)c1cnn(-c2ccccc2)c1. The van der Waals surface area contributed by atoms with E-state index >= 15 is 0 Å². The molecule has 0 saturated heterocycles. The van der Waals surface area contributed by atoms with Gasteiger partial charge in [0.05, 0.1) is 17.4 Å². The van der Waals surface area contributed by atoms with Gasteiger partial charge in [0.25, 0.3) is 5.91 Å². The Hall–Kier alpha value is -3.28. The molecule has 1 aromatic heterocycles. The normalized spacial score (nSPS) is 12.2. The van der Waals surface area contributed by atoms with E-state index in [0.29, 0.717) is 12.1 Å². The second-order valence-corrected chi connectivity index (χ2v) is 5.70. The summed E-state index contributed by atoms with van der Waals surface area (Å²) in [5, 5.41) is 7.15. The first-order valence-corrected chi connectivity index (χ1v) is 8.06. The van der Waals surface area contributed by atoms with Gasteiger partial charge in [-0.25, -0.2) is 4.68 Å². The van der Waals surface area contributed by atoms with Crippen molar-refractivity contribution in [3.8, 4) is 17.2 Å². The van der Waals surface area contributed by atoms with Crippen LogP contribution < -0.4 is 14.8 Å². The molecule has 0 fully saturated rings. The summed E-state index contributed by atoms with van der Waals surface area (Å²) >= 11 is 0. The van der Waals surface area contributed by atoms with E-state index in [0.717, 1.165) is 29.2 Å². The zero-order valence-electron chi connectivity index (χ0n) is 13.5. The molecule has 4 rings (SSSR count). The first-order valence-electron chi connectivity index (χ1n) is 8.06. The topological polar surface area (TPSA) is 65.4 Å². The van der Waals surface area contributed by atoms with Gasteiger partial charge in [-0.2, -0.15) is 5.10 Å². The number of fused-ring (bicyclic) bond motifs is 1. The molecule has 0 unspecified atom stereocenters. The molecule has 1 amide bonds. The number of rotatable bonds is 5. The van der Waals surface area contributed by atoms with Crippen molar-refractivity contribution in [2.45, 2.75) is 6.42 Å². The number of hydrogen-bond acceptors (Lipinski definition) is 4. The van der Waals surface area contributed by atoms with Crippen molar-refractivity contribution < 1.29 is 14.3 Å². The molecule has 6 nitrogen and oxygen atoms in total. The Morgan fingerprint density at radius 3 is 2.84 bits per heavy atom. The van der Waals surface area contributed by atoms with Crippen molar-refractivity contribution in [3.63, 3.8) is 0 Å². The average molecular weight is 335 g/mol. The maximum atomic E-state index is 12.3. The zero-order valence-corrected chi connectivity index (χ0v) is 13.5. The number of carbonyl (C=O) groups is 1. The highest BCUT2D eigenvalue weighted by molar-refractivity contribution is 5.93. The minimum Gasteiger partial charge on any atom is -0.454 e. The Morgan fingerprint density at radius 1 is 1.12 bits per heavy atom. The quantitative estimate of drug-likeness (QED) is 0.778. The summed E-state index contributed by atoms with van der Waals surface area (Å²) < 4.78 is 12.3. The Bertz CT molecular complexity index is 890. The van der Waals surface area contributed by atoms with Crippen LogP contribution in [-0.2, 0) is 6.42 Å². The summed E-state index contributed by atoms with van der Waals surface area (Å²) in [6.07, 6.45) is 4.02. The molecule has 6 heteroatoms. The van der Waals surface area contributed by atoms with E-state index in [9.17, 15) is 4.79 Å². The fourth-order valence-electron chi connectivity index (χ4n) is 2.68. The van der Waals surface area contributed by atoms with Crippen LogP contribution in [0.2, 0.25) is 0 Å². The molecule has 1 aliphatic rings. The molecule has 0 bridgehead atoms. The lowest BCUT2D eigenvalue weighted by atomic mass is 10.1. The highest BCUT2D eigenvalue weighted by atomic mass is 16.7. The van der Waals surface area contributed by atoms with E-state index in [1.54, 1.807) is 17.1 Å². The average Bonchev–Trinajstić information content (AvgIpc) is 3.31. The van der Waals surface area contributed by atoms with Crippen molar-refractivity contribution >= 4 is 5.91 Å². The lowest BCUT2D eigenvalue weighted by molar-refractivity contribution is 0.0954. The van der Waals surface area contributed by atoms with Gasteiger partial charge in [0.1, 0.15) is 0 Å². The predicted octanol–water partition coefficient (Wildman–Crippen LogP) is 2.57. The highest BCUT2D eigenvalue weighted by Crippen LogP contribution is 2.32. The maximum absolute atomic E-state index is 12.3. The number of carbonyl (C=O) groups excluding carboxylic acids is 1. The van der Waals surface area contributed by atoms with Gasteiger partial charge in [-0.05, 0) is 36.2 Å². The number of nitrogens with one attached hydrogen (secondary N) is 1. The number of amides is 1. The van der Waals surface area contributed by atoms with Crippen molar-refractivity contribution in [1.29, 1.82) is 0 Å². The first-order chi connectivity index (χ1) is 12.3. The Balaban J connectivity index is 1.34. The van der Waals surface area contributed by atoms with Crippen molar-refractivity contribution in [2.75, 3.05) is 13.3 Å². The molecule has 0 aliphatic carbocycles. The lowest BCUT2D eigenvalue weighted by Gasteiger charge is -2.05. The Morgan fingerprint density at radius 2 is 1.96 bits per heavy atom. The molecule has 2 heterocycles. The van der Waals surface area contributed by atoms with Gasteiger partial charge in [0, 0.05) is 12.7 Å². The zero-order chi connectivity index (χ0) is 17.1. The van der Waals surface area contributed by atoms with Crippen molar-refractivity contribution in [2.24, 2.45) is 0 Å². The van der Waals surface area contributed by atoms with Crippen molar-refractivity contribution in [1.82, 2.24) is 15.1 Å². The number of aromatic nitrogens is 2. The number of nitrogens with zero attached hydrogens (tertiary/aromatic N) is 2. The summed E-state index contributed by atoms with van der Waals surface area (Å²) in [5.74, 6) is 1.39. The minimum absolute atomic E-state index is 0.136. The Kier molecular flexibility index (Phi) is 4.08. The maximum Gasteiger partial charge on any atom is 0.254 e. The van der Waals surface area contributed by atoms with Crippen LogP contribution in [-0.4, -0.2) is 29.0 Å². The van der Waals surface area contributed by atoms with Gasteiger partial charge in [0.15, 0.2) is 11.5 Å². The monoisotopic (exact) mass is 335 g/mol. The molecule has 0 radical (unpaired) electrons. The van der Waals surface area contributed by atoms with Gasteiger partial charge < -0.3 is 14.8 Å². The van der Waals surface area contributed by atoms with Crippen molar-refractivity contribution in [3.05, 3.63) is 72.1 Å². The van der Waals surface area contributed by atoms with Crippen LogP contribution >= 0.6 is 0 Å². The largest absolute Gasteiger partial charge is 0.454 e. The van der Waals surface area contributed by atoms with E-state index in [2.05, 4.69) is 10.4 Å². The molecular weight excluding hydrogens is 318 g/mol. The second kappa shape index (κ2) is 6.68. The fourth-order valence-corrected chi connectivity index (χ4v) is 2.68. The molecule has 2 aromatic carbocycles. The van der Waals surface area contributed by atoms with E-state index < -0.39 is 0 Å². The third-order valence-corrected chi connectivity index (χ3v) is 4.00. The smallest absolute Gasteiger partial charge is 0.254 e. The summed E-state index contributed by atoms with van der Waals surface area (Å²) in [4.78, 5) is 12.3. The standard InChI is InChI=1S/C19H17N3O3/c23-19(15-11-21-22(12-15)16-4-2-1-3-5-16)20-9-8-14-6-7-17-18(10-14)25-13-24-17/h1-7,10-12H,8-9,13H2,(H,20,23). The molecule has 126 valence electrons.